The number of nitrogens with zero attached hydrogens (tertiary/aromatic N) is 2. The molecule has 1 aliphatic heterocycles. The average molecular weight is 361 g/mol. The number of carbonyl (C=O) groups is 2. The van der Waals surface area contributed by atoms with Crippen LogP contribution in [0.15, 0.2) is 48.5 Å². The number of carbonyl (C=O) groups excluding carboxylic acids is 2. The van der Waals surface area contributed by atoms with Gasteiger partial charge >= 0.3 is 0 Å². The van der Waals surface area contributed by atoms with E-state index < -0.39 is 0 Å². The van der Waals surface area contributed by atoms with E-state index in [2.05, 4.69) is 17.5 Å². The van der Waals surface area contributed by atoms with Gasteiger partial charge in [0, 0.05) is 13.5 Å². The first-order valence-electron chi connectivity index (χ1n) is 9.14. The van der Waals surface area contributed by atoms with Crippen LogP contribution in [0.2, 0.25) is 0 Å². The van der Waals surface area contributed by atoms with Crippen LogP contribution in [0.1, 0.15) is 54.6 Å². The molecule has 2 atom stereocenters. The first-order valence-corrected chi connectivity index (χ1v) is 9.14. The van der Waals surface area contributed by atoms with Gasteiger partial charge in [0.2, 0.25) is 11.8 Å². The number of nitrogens with one attached hydrogen (secondary N) is 1. The second-order valence-electron chi connectivity index (χ2n) is 6.90. The zero-order valence-corrected chi connectivity index (χ0v) is 15.6. The molecule has 0 saturated carbocycles. The van der Waals surface area contributed by atoms with Crippen molar-refractivity contribution in [3.8, 4) is 6.07 Å². The van der Waals surface area contributed by atoms with E-state index in [1.807, 2.05) is 37.3 Å². The highest BCUT2D eigenvalue weighted by molar-refractivity contribution is 5.80. The average Bonchev–Trinajstić information content (AvgIpc) is 2.68. The van der Waals surface area contributed by atoms with Gasteiger partial charge in [0.25, 0.3) is 0 Å². The smallest absolute Gasteiger partial charge is 0.222 e. The van der Waals surface area contributed by atoms with Crippen molar-refractivity contribution in [1.82, 2.24) is 10.2 Å². The molecule has 5 heteroatoms. The minimum absolute atomic E-state index is 0.0116. The Morgan fingerprint density at radius 3 is 2.59 bits per heavy atom. The second kappa shape index (κ2) is 8.05. The molecule has 2 amide bonds. The van der Waals surface area contributed by atoms with Crippen LogP contribution in [0.4, 0.5) is 0 Å². The lowest BCUT2D eigenvalue weighted by atomic mass is 9.90. The van der Waals surface area contributed by atoms with E-state index in [0.29, 0.717) is 12.1 Å². The fourth-order valence-electron chi connectivity index (χ4n) is 3.65. The van der Waals surface area contributed by atoms with Crippen molar-refractivity contribution < 1.29 is 9.59 Å². The van der Waals surface area contributed by atoms with Crippen molar-refractivity contribution in [2.24, 2.45) is 0 Å². The van der Waals surface area contributed by atoms with Crippen molar-refractivity contribution >= 4 is 11.8 Å². The highest BCUT2D eigenvalue weighted by Crippen LogP contribution is 2.32. The van der Waals surface area contributed by atoms with Crippen molar-refractivity contribution in [1.29, 1.82) is 5.26 Å². The molecular formula is C22H23N3O2. The summed E-state index contributed by atoms with van der Waals surface area (Å²) in [4.78, 5) is 26.6. The van der Waals surface area contributed by atoms with E-state index in [1.165, 1.54) is 5.56 Å². The van der Waals surface area contributed by atoms with Gasteiger partial charge in [0.1, 0.15) is 0 Å². The van der Waals surface area contributed by atoms with Gasteiger partial charge in [-0.1, -0.05) is 36.4 Å². The molecule has 2 unspecified atom stereocenters. The molecule has 0 spiro atoms. The molecule has 2 aromatic rings. The van der Waals surface area contributed by atoms with Crippen LogP contribution in [0.25, 0.3) is 0 Å². The Bertz CT molecular complexity index is 883. The Hall–Kier alpha value is -3.13. The van der Waals surface area contributed by atoms with E-state index >= 15 is 0 Å². The maximum absolute atomic E-state index is 12.7. The molecule has 1 heterocycles. The maximum Gasteiger partial charge on any atom is 0.222 e. The highest BCUT2D eigenvalue weighted by atomic mass is 16.2. The summed E-state index contributed by atoms with van der Waals surface area (Å²) in [5.74, 6) is -0.109. The predicted molar refractivity (Wildman–Crippen MR) is 103 cm³/mol. The predicted octanol–water partition coefficient (Wildman–Crippen LogP) is 3.27. The van der Waals surface area contributed by atoms with E-state index in [9.17, 15) is 9.59 Å². The van der Waals surface area contributed by atoms with Gasteiger partial charge in [0.05, 0.1) is 30.1 Å². The molecule has 2 aromatic carbocycles. The van der Waals surface area contributed by atoms with Gasteiger partial charge in [-0.25, -0.2) is 0 Å². The third kappa shape index (κ3) is 4.17. The first-order chi connectivity index (χ1) is 13.0. The van der Waals surface area contributed by atoms with Crippen LogP contribution in [-0.4, -0.2) is 23.3 Å². The van der Waals surface area contributed by atoms with Gasteiger partial charge in [0.15, 0.2) is 0 Å². The quantitative estimate of drug-likeness (QED) is 0.908. The summed E-state index contributed by atoms with van der Waals surface area (Å²) in [5, 5.41) is 11.9. The van der Waals surface area contributed by atoms with Crippen molar-refractivity contribution in [3.05, 3.63) is 70.8 Å². The van der Waals surface area contributed by atoms with Crippen molar-refractivity contribution in [3.63, 3.8) is 0 Å². The standard InChI is InChI=1S/C22H23N3O2/c1-15(18-9-7-17(14-23)8-10-18)24-22(27)13-21-20-6-4-3-5-19(20)11-12-25(21)16(2)26/h3-10,15,21H,11-13H2,1-2H3,(H,24,27). The van der Waals surface area contributed by atoms with E-state index in [4.69, 9.17) is 5.26 Å². The Labute approximate surface area is 159 Å². The van der Waals surface area contributed by atoms with Crippen LogP contribution in [0, 0.1) is 11.3 Å². The Morgan fingerprint density at radius 2 is 1.93 bits per heavy atom. The lowest BCUT2D eigenvalue weighted by molar-refractivity contribution is -0.133. The molecule has 0 fully saturated rings. The number of rotatable bonds is 4. The van der Waals surface area contributed by atoms with Crippen LogP contribution >= 0.6 is 0 Å². The summed E-state index contributed by atoms with van der Waals surface area (Å²) in [6.07, 6.45) is 1.05. The SMILES string of the molecule is CC(=O)N1CCc2ccccc2C1CC(=O)NC(C)c1ccc(C#N)cc1. The van der Waals surface area contributed by atoms with E-state index in [0.717, 1.165) is 17.5 Å². The van der Waals surface area contributed by atoms with Crippen LogP contribution in [0.5, 0.6) is 0 Å². The zero-order valence-electron chi connectivity index (χ0n) is 15.6. The topological polar surface area (TPSA) is 73.2 Å². The lowest BCUT2D eigenvalue weighted by Gasteiger charge is -2.36. The number of fused-ring (bicyclic) bond motifs is 1. The normalized spacial score (nSPS) is 16.8. The molecule has 0 bridgehead atoms. The van der Waals surface area contributed by atoms with Crippen molar-refractivity contribution in [2.75, 3.05) is 6.54 Å². The third-order valence-corrected chi connectivity index (χ3v) is 5.11. The maximum atomic E-state index is 12.7. The largest absolute Gasteiger partial charge is 0.350 e. The molecule has 1 aliphatic rings. The van der Waals surface area contributed by atoms with Gasteiger partial charge in [-0.15, -0.1) is 0 Å². The molecule has 0 aromatic heterocycles. The Morgan fingerprint density at radius 1 is 1.22 bits per heavy atom. The molecule has 27 heavy (non-hydrogen) atoms. The summed E-state index contributed by atoms with van der Waals surface area (Å²) >= 11 is 0. The molecule has 1 N–H and O–H groups in total. The van der Waals surface area contributed by atoms with Crippen molar-refractivity contribution in [2.45, 2.75) is 38.8 Å². The molecule has 0 aliphatic carbocycles. The minimum Gasteiger partial charge on any atom is -0.350 e. The molecule has 5 nitrogen and oxygen atoms in total. The van der Waals surface area contributed by atoms with E-state index in [-0.39, 0.29) is 30.3 Å². The summed E-state index contributed by atoms with van der Waals surface area (Å²) in [5.41, 5.74) is 3.79. The minimum atomic E-state index is -0.236. The van der Waals surface area contributed by atoms with Crippen LogP contribution < -0.4 is 5.32 Å². The number of hydrogen-bond donors (Lipinski definition) is 1. The fraction of sp³-hybridized carbons (Fsp3) is 0.318. The Kier molecular flexibility index (Phi) is 5.56. The number of benzene rings is 2. The van der Waals surface area contributed by atoms with Gasteiger partial charge in [-0.3, -0.25) is 9.59 Å². The van der Waals surface area contributed by atoms with Gasteiger partial charge in [-0.05, 0) is 42.2 Å². The highest BCUT2D eigenvalue weighted by Gasteiger charge is 2.30. The molecule has 0 radical (unpaired) electrons. The molecule has 0 saturated heterocycles. The lowest BCUT2D eigenvalue weighted by Crippen LogP contribution is -2.41. The first kappa shape index (κ1) is 18.7. The summed E-state index contributed by atoms with van der Waals surface area (Å²) in [6.45, 7) is 4.10. The van der Waals surface area contributed by atoms with E-state index in [1.54, 1.807) is 24.0 Å². The molecule has 3 rings (SSSR count). The summed E-state index contributed by atoms with van der Waals surface area (Å²) < 4.78 is 0. The third-order valence-electron chi connectivity index (χ3n) is 5.11. The summed E-state index contributed by atoms with van der Waals surface area (Å²) in [6, 6.07) is 16.9. The monoisotopic (exact) mass is 361 g/mol. The molecule has 138 valence electrons. The van der Waals surface area contributed by atoms with Crippen LogP contribution in [0.3, 0.4) is 0 Å². The second-order valence-corrected chi connectivity index (χ2v) is 6.90. The van der Waals surface area contributed by atoms with Gasteiger partial charge < -0.3 is 10.2 Å². The van der Waals surface area contributed by atoms with Crippen LogP contribution in [-0.2, 0) is 16.0 Å². The Balaban J connectivity index is 1.73. The number of amides is 2. The molecular weight excluding hydrogens is 338 g/mol. The number of hydrogen-bond acceptors (Lipinski definition) is 3. The number of nitriles is 1. The zero-order chi connectivity index (χ0) is 19.4. The fourth-order valence-corrected chi connectivity index (χ4v) is 3.65. The van der Waals surface area contributed by atoms with Gasteiger partial charge in [-0.2, -0.15) is 5.26 Å². The summed E-state index contributed by atoms with van der Waals surface area (Å²) in [7, 11) is 0.